The van der Waals surface area contributed by atoms with Crippen LogP contribution in [-0.2, 0) is 4.79 Å². The number of hydrogen-bond acceptors (Lipinski definition) is 5. The summed E-state index contributed by atoms with van der Waals surface area (Å²) < 4.78 is 10.1. The predicted molar refractivity (Wildman–Crippen MR) is 80.8 cm³/mol. The molecular weight excluding hydrogens is 286 g/mol. The van der Waals surface area contributed by atoms with E-state index in [9.17, 15) is 14.9 Å². The highest BCUT2D eigenvalue weighted by Gasteiger charge is 2.05. The average molecular weight is 299 g/mol. The number of esters is 1. The van der Waals surface area contributed by atoms with E-state index in [0.29, 0.717) is 17.1 Å². The first-order chi connectivity index (χ1) is 10.6. The molecule has 0 unspecified atom stereocenters. The van der Waals surface area contributed by atoms with Crippen molar-refractivity contribution >= 4 is 17.7 Å². The van der Waals surface area contributed by atoms with Crippen LogP contribution in [0.4, 0.5) is 5.69 Å². The molecule has 0 radical (unpaired) electrons. The van der Waals surface area contributed by atoms with Gasteiger partial charge in [-0.2, -0.15) is 0 Å². The van der Waals surface area contributed by atoms with Crippen LogP contribution < -0.4 is 9.47 Å². The molecule has 0 atom stereocenters. The lowest BCUT2D eigenvalue weighted by Crippen LogP contribution is -2.03. The van der Waals surface area contributed by atoms with Crippen molar-refractivity contribution in [1.82, 2.24) is 0 Å². The van der Waals surface area contributed by atoms with Gasteiger partial charge in [-0.3, -0.25) is 10.1 Å². The maximum Gasteiger partial charge on any atom is 0.336 e. The molecule has 0 amide bonds. The van der Waals surface area contributed by atoms with Gasteiger partial charge in [-0.1, -0.05) is 12.1 Å². The highest BCUT2D eigenvalue weighted by atomic mass is 16.6. The zero-order valence-electron chi connectivity index (χ0n) is 11.8. The maximum atomic E-state index is 11.7. The molecule has 0 bridgehead atoms. The number of hydrogen-bond donors (Lipinski definition) is 0. The Morgan fingerprint density at radius 1 is 1.14 bits per heavy atom. The fourth-order valence-electron chi connectivity index (χ4n) is 1.70. The Kier molecular flexibility index (Phi) is 4.87. The summed E-state index contributed by atoms with van der Waals surface area (Å²) in [6.45, 7) is 0. The number of nitro groups is 1. The Morgan fingerprint density at radius 2 is 1.82 bits per heavy atom. The second-order valence-corrected chi connectivity index (χ2v) is 4.28. The summed E-state index contributed by atoms with van der Waals surface area (Å²) in [5.41, 5.74) is 0.506. The van der Waals surface area contributed by atoms with Gasteiger partial charge in [0.2, 0.25) is 0 Å². The van der Waals surface area contributed by atoms with Crippen LogP contribution in [0, 0.1) is 10.1 Å². The van der Waals surface area contributed by atoms with Crippen molar-refractivity contribution in [2.75, 3.05) is 7.11 Å². The lowest BCUT2D eigenvalue weighted by molar-refractivity contribution is -0.384. The lowest BCUT2D eigenvalue weighted by atomic mass is 10.2. The highest BCUT2D eigenvalue weighted by Crippen LogP contribution is 2.18. The monoisotopic (exact) mass is 299 g/mol. The van der Waals surface area contributed by atoms with Crippen LogP contribution in [0.15, 0.2) is 54.6 Å². The van der Waals surface area contributed by atoms with Crippen molar-refractivity contribution in [3.8, 4) is 11.5 Å². The molecule has 6 heteroatoms. The summed E-state index contributed by atoms with van der Waals surface area (Å²) in [5.74, 6) is 0.470. The summed E-state index contributed by atoms with van der Waals surface area (Å²) in [7, 11) is 1.54. The number of methoxy groups -OCH3 is 1. The molecule has 0 N–H and O–H groups in total. The second-order valence-electron chi connectivity index (χ2n) is 4.28. The molecule has 0 heterocycles. The summed E-state index contributed by atoms with van der Waals surface area (Å²) in [4.78, 5) is 21.9. The van der Waals surface area contributed by atoms with Gasteiger partial charge in [0.25, 0.3) is 5.69 Å². The van der Waals surface area contributed by atoms with Crippen LogP contribution in [0.25, 0.3) is 6.08 Å². The third-order valence-corrected chi connectivity index (χ3v) is 2.77. The molecule has 2 rings (SSSR count). The molecular formula is C16H13NO5. The summed E-state index contributed by atoms with van der Waals surface area (Å²) in [6, 6.07) is 12.5. The van der Waals surface area contributed by atoms with E-state index >= 15 is 0 Å². The minimum absolute atomic E-state index is 0.0364. The quantitative estimate of drug-likeness (QED) is 0.278. The fraction of sp³-hybridized carbons (Fsp3) is 0.0625. The molecule has 112 valence electrons. The largest absolute Gasteiger partial charge is 0.497 e. The van der Waals surface area contributed by atoms with Crippen LogP contribution in [0.3, 0.4) is 0 Å². The fourth-order valence-corrected chi connectivity index (χ4v) is 1.70. The predicted octanol–water partition coefficient (Wildman–Crippen LogP) is 3.22. The van der Waals surface area contributed by atoms with Gasteiger partial charge in [-0.15, -0.1) is 0 Å². The smallest absolute Gasteiger partial charge is 0.336 e. The summed E-state index contributed by atoms with van der Waals surface area (Å²) in [5, 5.41) is 10.7. The van der Waals surface area contributed by atoms with Crippen LogP contribution >= 0.6 is 0 Å². The topological polar surface area (TPSA) is 78.7 Å². The molecule has 0 saturated carbocycles. The number of nitro benzene ring substituents is 1. The second kappa shape index (κ2) is 7.03. The van der Waals surface area contributed by atoms with Gasteiger partial charge >= 0.3 is 5.97 Å². The lowest BCUT2D eigenvalue weighted by Gasteiger charge is -2.02. The Hall–Kier alpha value is -3.15. The Morgan fingerprint density at radius 3 is 2.45 bits per heavy atom. The van der Waals surface area contributed by atoms with E-state index in [1.54, 1.807) is 43.5 Å². The molecule has 2 aromatic carbocycles. The van der Waals surface area contributed by atoms with Gasteiger partial charge in [-0.05, 0) is 35.9 Å². The van der Waals surface area contributed by atoms with Crippen molar-refractivity contribution in [2.45, 2.75) is 0 Å². The zero-order valence-corrected chi connectivity index (χ0v) is 11.8. The van der Waals surface area contributed by atoms with E-state index in [2.05, 4.69) is 0 Å². The van der Waals surface area contributed by atoms with Crippen LogP contribution in [0.1, 0.15) is 5.56 Å². The first-order valence-corrected chi connectivity index (χ1v) is 6.37. The highest BCUT2D eigenvalue weighted by molar-refractivity contribution is 5.88. The molecule has 0 aliphatic carbocycles. The molecule has 0 saturated heterocycles. The van der Waals surface area contributed by atoms with Crippen molar-refractivity contribution < 1.29 is 19.2 Å². The molecule has 2 aromatic rings. The van der Waals surface area contributed by atoms with Crippen molar-refractivity contribution in [1.29, 1.82) is 0 Å². The van der Waals surface area contributed by atoms with Crippen molar-refractivity contribution in [3.63, 3.8) is 0 Å². The van der Waals surface area contributed by atoms with E-state index in [-0.39, 0.29) is 5.69 Å². The van der Waals surface area contributed by atoms with Gasteiger partial charge in [0.1, 0.15) is 11.5 Å². The Balaban J connectivity index is 2.01. The zero-order chi connectivity index (χ0) is 15.9. The maximum absolute atomic E-state index is 11.7. The van der Waals surface area contributed by atoms with Crippen LogP contribution in [-0.4, -0.2) is 18.0 Å². The van der Waals surface area contributed by atoms with Crippen LogP contribution in [0.5, 0.6) is 11.5 Å². The van der Waals surface area contributed by atoms with E-state index in [4.69, 9.17) is 9.47 Å². The number of carbonyl (C=O) groups is 1. The van der Waals surface area contributed by atoms with E-state index in [1.807, 2.05) is 0 Å². The summed E-state index contributed by atoms with van der Waals surface area (Å²) in [6.07, 6.45) is 2.67. The first-order valence-electron chi connectivity index (χ1n) is 6.37. The molecule has 0 spiro atoms. The molecule has 6 nitrogen and oxygen atoms in total. The molecule has 0 fully saturated rings. The number of rotatable bonds is 5. The standard InChI is InChI=1S/C16H13NO5/c1-21-14-6-8-15(9-7-14)22-16(18)10-5-12-3-2-4-13(11-12)17(19)20/h2-11H,1H3/b10-5+. The minimum Gasteiger partial charge on any atom is -0.497 e. The SMILES string of the molecule is COc1ccc(OC(=O)/C=C/c2cccc([N+](=O)[O-])c2)cc1. The first kappa shape index (κ1) is 15.2. The Labute approximate surface area is 126 Å². The van der Waals surface area contributed by atoms with Crippen molar-refractivity contribution in [2.24, 2.45) is 0 Å². The average Bonchev–Trinajstić information content (AvgIpc) is 2.54. The minimum atomic E-state index is -0.573. The third-order valence-electron chi connectivity index (χ3n) is 2.77. The Bertz CT molecular complexity index is 707. The normalized spacial score (nSPS) is 10.4. The summed E-state index contributed by atoms with van der Waals surface area (Å²) >= 11 is 0. The number of ether oxygens (including phenoxy) is 2. The molecule has 0 aliphatic heterocycles. The van der Waals surface area contributed by atoms with E-state index in [1.165, 1.54) is 24.3 Å². The molecule has 0 aromatic heterocycles. The van der Waals surface area contributed by atoms with E-state index in [0.717, 1.165) is 0 Å². The van der Waals surface area contributed by atoms with Gasteiger partial charge in [0, 0.05) is 18.2 Å². The van der Waals surface area contributed by atoms with Gasteiger partial charge in [-0.25, -0.2) is 4.79 Å². The molecule has 0 aliphatic rings. The number of benzene rings is 2. The van der Waals surface area contributed by atoms with Gasteiger partial charge in [0.15, 0.2) is 0 Å². The third kappa shape index (κ3) is 4.17. The number of nitrogens with zero attached hydrogens (tertiary/aromatic N) is 1. The number of carbonyl (C=O) groups excluding carboxylic acids is 1. The van der Waals surface area contributed by atoms with Crippen LogP contribution in [0.2, 0.25) is 0 Å². The van der Waals surface area contributed by atoms with Crippen molar-refractivity contribution in [3.05, 3.63) is 70.3 Å². The van der Waals surface area contributed by atoms with E-state index < -0.39 is 10.9 Å². The van der Waals surface area contributed by atoms with Gasteiger partial charge in [0.05, 0.1) is 12.0 Å². The number of non-ortho nitro benzene ring substituents is 1. The molecule has 22 heavy (non-hydrogen) atoms. The van der Waals surface area contributed by atoms with Gasteiger partial charge < -0.3 is 9.47 Å².